The number of hydrogen-bond donors (Lipinski definition) is 2. The number of carbonyl (C=O) groups excluding carboxylic acids is 2. The summed E-state index contributed by atoms with van der Waals surface area (Å²) in [4.78, 5) is 23.4. The Morgan fingerprint density at radius 1 is 1.03 bits per heavy atom. The molecule has 2 N–H and O–H groups in total. The lowest BCUT2D eigenvalue weighted by atomic mass is 10.00. The molecule has 0 aliphatic carbocycles. The Hall–Kier alpha value is -2.13. The molecule has 0 fully saturated rings. The van der Waals surface area contributed by atoms with E-state index in [1.54, 1.807) is 49.4 Å². The van der Waals surface area contributed by atoms with Gasteiger partial charge in [0.05, 0.1) is 17.5 Å². The number of carbonyl (C=O) groups is 2. The summed E-state index contributed by atoms with van der Waals surface area (Å²) in [6.45, 7) is 3.43. The topological polar surface area (TPSA) is 102 Å². The molecule has 0 aromatic heterocycles. The molecule has 0 bridgehead atoms. The van der Waals surface area contributed by atoms with Gasteiger partial charge in [-0.25, -0.2) is 8.42 Å². The van der Waals surface area contributed by atoms with E-state index in [1.807, 2.05) is 6.92 Å². The Kier molecular flexibility index (Phi) is 8.66. The third-order valence-corrected chi connectivity index (χ3v) is 6.00. The first-order valence-corrected chi connectivity index (χ1v) is 11.4. The van der Waals surface area contributed by atoms with Gasteiger partial charge in [-0.3, -0.25) is 9.59 Å². The molecule has 30 heavy (non-hydrogen) atoms. The lowest BCUT2D eigenvalue weighted by molar-refractivity contribution is -0.146. The van der Waals surface area contributed by atoms with Crippen molar-refractivity contribution in [3.05, 3.63) is 65.7 Å². The summed E-state index contributed by atoms with van der Waals surface area (Å²) < 4.78 is 33.3. The molecule has 0 aliphatic rings. The van der Waals surface area contributed by atoms with Crippen LogP contribution in [0.2, 0.25) is 0 Å². The molecule has 0 saturated carbocycles. The van der Waals surface area contributed by atoms with E-state index in [9.17, 15) is 18.0 Å². The maximum Gasteiger partial charge on any atom is 0.326 e. The van der Waals surface area contributed by atoms with Crippen LogP contribution >= 0.6 is 23.2 Å². The third-order valence-electron chi connectivity index (χ3n) is 4.14. The van der Waals surface area contributed by atoms with Gasteiger partial charge in [0.1, 0.15) is 6.04 Å². The Morgan fingerprint density at radius 3 is 2.17 bits per heavy atom. The predicted octanol–water partition coefficient (Wildman–Crippen LogP) is 2.87. The number of sulfonamides is 1. The second-order valence-corrected chi connectivity index (χ2v) is 9.17. The molecular weight excluding hydrogens is 451 g/mol. The number of aryl methyl sites for hydroxylation is 1. The summed E-state index contributed by atoms with van der Waals surface area (Å²) in [7, 11) is -4.12. The molecule has 0 spiro atoms. The van der Waals surface area contributed by atoms with Gasteiger partial charge in [-0.15, -0.1) is 0 Å². The van der Waals surface area contributed by atoms with E-state index in [0.717, 1.165) is 5.56 Å². The van der Waals surface area contributed by atoms with Crippen molar-refractivity contribution >= 4 is 45.1 Å². The molecule has 1 amide bonds. The van der Waals surface area contributed by atoms with Gasteiger partial charge in [0.25, 0.3) is 5.91 Å². The van der Waals surface area contributed by atoms with Crippen molar-refractivity contribution in [2.24, 2.45) is 0 Å². The normalized spacial score (nSPS) is 13.5. The number of ether oxygens (including phenoxy) is 1. The van der Waals surface area contributed by atoms with Crippen molar-refractivity contribution < 1.29 is 22.7 Å². The number of esters is 1. The van der Waals surface area contributed by atoms with Crippen molar-refractivity contribution in [2.75, 3.05) is 6.61 Å². The summed E-state index contributed by atoms with van der Waals surface area (Å²) in [5.41, 5.74) is 1.34. The molecule has 0 radical (unpaired) electrons. The summed E-state index contributed by atoms with van der Waals surface area (Å²) in [5, 5.41) is 2.52. The summed E-state index contributed by atoms with van der Waals surface area (Å²) in [6.07, 6.45) is 0. The number of alkyl halides is 2. The minimum atomic E-state index is -4.12. The van der Waals surface area contributed by atoms with E-state index in [4.69, 9.17) is 27.9 Å². The molecule has 2 unspecified atom stereocenters. The van der Waals surface area contributed by atoms with Crippen molar-refractivity contribution in [1.29, 1.82) is 0 Å². The van der Waals surface area contributed by atoms with Crippen LogP contribution in [-0.4, -0.2) is 37.8 Å². The van der Waals surface area contributed by atoms with Gasteiger partial charge < -0.3 is 10.1 Å². The third kappa shape index (κ3) is 6.43. The van der Waals surface area contributed by atoms with Gasteiger partial charge in [0.15, 0.2) is 4.84 Å². The number of benzene rings is 2. The maximum atomic E-state index is 12.9. The molecular formula is C20H22Cl2N2O5S. The standard InChI is InChI=1S/C20H22Cl2N2O5S/c1-3-29-20(26)17(24-30(27,28)15-11-9-13(2)10-12-15)16(23-19(25)18(21)22)14-7-5-4-6-8-14/h4-12,16-18,24H,3H2,1-2H3,(H,23,25). The van der Waals surface area contributed by atoms with Crippen molar-refractivity contribution in [3.63, 3.8) is 0 Å². The molecule has 0 aliphatic heterocycles. The van der Waals surface area contributed by atoms with Crippen LogP contribution in [-0.2, 0) is 24.3 Å². The maximum absolute atomic E-state index is 12.9. The van der Waals surface area contributed by atoms with Gasteiger partial charge in [0, 0.05) is 0 Å². The molecule has 2 rings (SSSR count). The number of hydrogen-bond acceptors (Lipinski definition) is 5. The van der Waals surface area contributed by atoms with Crippen LogP contribution in [0.25, 0.3) is 0 Å². The Bertz CT molecular complexity index is 966. The summed E-state index contributed by atoms with van der Waals surface area (Å²) in [5.74, 6) is -1.64. The van der Waals surface area contributed by atoms with Gasteiger partial charge >= 0.3 is 5.97 Å². The average Bonchev–Trinajstić information content (AvgIpc) is 2.71. The highest BCUT2D eigenvalue weighted by atomic mass is 35.5. The van der Waals surface area contributed by atoms with Crippen LogP contribution in [0.4, 0.5) is 0 Å². The van der Waals surface area contributed by atoms with E-state index >= 15 is 0 Å². The zero-order chi connectivity index (χ0) is 22.3. The van der Waals surface area contributed by atoms with Gasteiger partial charge in [-0.2, -0.15) is 4.72 Å². The van der Waals surface area contributed by atoms with Gasteiger partial charge in [-0.1, -0.05) is 71.2 Å². The first kappa shape index (κ1) is 24.1. The van der Waals surface area contributed by atoms with Gasteiger partial charge in [-0.05, 0) is 31.5 Å². The molecule has 2 atom stereocenters. The Balaban J connectivity index is 2.48. The van der Waals surface area contributed by atoms with Crippen molar-refractivity contribution in [2.45, 2.75) is 35.7 Å². The highest BCUT2D eigenvalue weighted by Gasteiger charge is 2.36. The molecule has 2 aromatic carbocycles. The van der Waals surface area contributed by atoms with Gasteiger partial charge in [0.2, 0.25) is 10.0 Å². The zero-order valence-corrected chi connectivity index (χ0v) is 18.7. The van der Waals surface area contributed by atoms with Crippen LogP contribution in [0, 0.1) is 6.92 Å². The monoisotopic (exact) mass is 472 g/mol. The zero-order valence-electron chi connectivity index (χ0n) is 16.3. The second kappa shape index (κ2) is 10.8. The summed E-state index contributed by atoms with van der Waals surface area (Å²) >= 11 is 11.3. The number of rotatable bonds is 9. The van der Waals surface area contributed by atoms with E-state index in [1.165, 1.54) is 12.1 Å². The fourth-order valence-corrected chi connectivity index (χ4v) is 4.00. The first-order valence-electron chi connectivity index (χ1n) is 9.04. The second-order valence-electron chi connectivity index (χ2n) is 6.36. The highest BCUT2D eigenvalue weighted by molar-refractivity contribution is 7.89. The minimum absolute atomic E-state index is 0.0185. The van der Waals surface area contributed by atoms with E-state index in [0.29, 0.717) is 5.56 Å². The quantitative estimate of drug-likeness (QED) is 0.431. The fourth-order valence-electron chi connectivity index (χ4n) is 2.67. The molecule has 7 nitrogen and oxygen atoms in total. The van der Waals surface area contributed by atoms with Crippen LogP contribution in [0.5, 0.6) is 0 Å². The first-order chi connectivity index (χ1) is 14.2. The summed E-state index contributed by atoms with van der Waals surface area (Å²) in [6, 6.07) is 11.9. The highest BCUT2D eigenvalue weighted by Crippen LogP contribution is 2.22. The van der Waals surface area contributed by atoms with Crippen LogP contribution in [0.1, 0.15) is 24.1 Å². The van der Waals surface area contributed by atoms with Crippen molar-refractivity contribution in [1.82, 2.24) is 10.0 Å². The van der Waals surface area contributed by atoms with E-state index < -0.39 is 38.8 Å². The van der Waals surface area contributed by atoms with Crippen LogP contribution < -0.4 is 10.0 Å². The SMILES string of the molecule is CCOC(=O)C(NS(=O)(=O)c1ccc(C)cc1)C(NC(=O)C(Cl)Cl)c1ccccc1. The number of halogens is 2. The number of nitrogens with one attached hydrogen (secondary N) is 2. The van der Waals surface area contributed by atoms with E-state index in [-0.39, 0.29) is 11.5 Å². The molecule has 0 saturated heterocycles. The van der Waals surface area contributed by atoms with Crippen LogP contribution in [0.15, 0.2) is 59.5 Å². The minimum Gasteiger partial charge on any atom is -0.465 e. The predicted molar refractivity (Wildman–Crippen MR) is 115 cm³/mol. The molecule has 10 heteroatoms. The number of amides is 1. The Labute approximate surface area is 185 Å². The van der Waals surface area contributed by atoms with E-state index in [2.05, 4.69) is 10.0 Å². The lowest BCUT2D eigenvalue weighted by Crippen LogP contribution is -2.51. The lowest BCUT2D eigenvalue weighted by Gasteiger charge is -2.28. The molecule has 0 heterocycles. The largest absolute Gasteiger partial charge is 0.465 e. The fraction of sp³-hybridized carbons (Fsp3) is 0.300. The van der Waals surface area contributed by atoms with Crippen molar-refractivity contribution in [3.8, 4) is 0 Å². The smallest absolute Gasteiger partial charge is 0.326 e. The molecule has 162 valence electrons. The van der Waals surface area contributed by atoms with Crippen LogP contribution in [0.3, 0.4) is 0 Å². The Morgan fingerprint density at radius 2 is 1.63 bits per heavy atom. The average molecular weight is 473 g/mol. The molecule has 2 aromatic rings.